The normalized spacial score (nSPS) is 18.0. The molecule has 1 unspecified atom stereocenters. The van der Waals surface area contributed by atoms with E-state index in [-0.39, 0.29) is 5.54 Å². The highest BCUT2D eigenvalue weighted by Crippen LogP contribution is 2.37. The van der Waals surface area contributed by atoms with Gasteiger partial charge in [0.25, 0.3) is 0 Å². The molecule has 1 atom stereocenters. The standard InChI is InChI=1S/C12H23N5S/c1-5-12(3,4)13-8-9(2)18-11-14-15-16-17(11)10-6-7-10/h9-10,13H,5-8H2,1-4H3. The highest BCUT2D eigenvalue weighted by molar-refractivity contribution is 7.99. The summed E-state index contributed by atoms with van der Waals surface area (Å²) in [7, 11) is 0. The molecule has 1 aromatic rings. The molecule has 0 amide bonds. The van der Waals surface area contributed by atoms with Crippen molar-refractivity contribution in [2.45, 2.75) is 68.9 Å². The van der Waals surface area contributed by atoms with E-state index >= 15 is 0 Å². The highest BCUT2D eigenvalue weighted by atomic mass is 32.2. The van der Waals surface area contributed by atoms with Gasteiger partial charge in [-0.2, -0.15) is 0 Å². The minimum atomic E-state index is 0.206. The first-order valence-electron chi connectivity index (χ1n) is 6.71. The largest absolute Gasteiger partial charge is 0.311 e. The molecule has 1 heterocycles. The van der Waals surface area contributed by atoms with Crippen LogP contribution in [0, 0.1) is 0 Å². The van der Waals surface area contributed by atoms with Gasteiger partial charge in [0.05, 0.1) is 6.04 Å². The van der Waals surface area contributed by atoms with Gasteiger partial charge in [0.15, 0.2) is 0 Å². The smallest absolute Gasteiger partial charge is 0.209 e. The molecule has 0 saturated heterocycles. The average molecular weight is 269 g/mol. The number of rotatable bonds is 7. The molecule has 2 rings (SSSR count). The van der Waals surface area contributed by atoms with Crippen molar-refractivity contribution in [3.05, 3.63) is 0 Å². The molecular weight excluding hydrogens is 246 g/mol. The molecule has 1 fully saturated rings. The lowest BCUT2D eigenvalue weighted by Crippen LogP contribution is -2.41. The van der Waals surface area contributed by atoms with Crippen LogP contribution in [-0.2, 0) is 0 Å². The Morgan fingerprint density at radius 1 is 1.50 bits per heavy atom. The predicted octanol–water partition coefficient (Wildman–Crippen LogP) is 2.27. The number of nitrogens with zero attached hydrogens (tertiary/aromatic N) is 4. The van der Waals surface area contributed by atoms with E-state index < -0.39 is 0 Å². The maximum Gasteiger partial charge on any atom is 0.209 e. The molecule has 1 aromatic heterocycles. The first kappa shape index (κ1) is 13.8. The van der Waals surface area contributed by atoms with Crippen molar-refractivity contribution in [2.75, 3.05) is 6.54 Å². The van der Waals surface area contributed by atoms with Crippen LogP contribution in [0.4, 0.5) is 0 Å². The average Bonchev–Trinajstić information content (AvgIpc) is 3.08. The van der Waals surface area contributed by atoms with Crippen molar-refractivity contribution in [3.8, 4) is 0 Å². The van der Waals surface area contributed by atoms with Crippen LogP contribution in [0.5, 0.6) is 0 Å². The van der Waals surface area contributed by atoms with Crippen LogP contribution in [0.2, 0.25) is 0 Å². The summed E-state index contributed by atoms with van der Waals surface area (Å²) in [5, 5.41) is 17.0. The zero-order valence-corrected chi connectivity index (χ0v) is 12.5. The molecule has 0 bridgehead atoms. The van der Waals surface area contributed by atoms with E-state index in [4.69, 9.17) is 0 Å². The molecule has 0 aromatic carbocycles. The fourth-order valence-corrected chi connectivity index (χ4v) is 2.48. The zero-order valence-electron chi connectivity index (χ0n) is 11.7. The summed E-state index contributed by atoms with van der Waals surface area (Å²) < 4.78 is 1.98. The van der Waals surface area contributed by atoms with E-state index in [0.717, 1.165) is 18.1 Å². The molecule has 0 aliphatic heterocycles. The lowest BCUT2D eigenvalue weighted by Gasteiger charge is -2.26. The predicted molar refractivity (Wildman–Crippen MR) is 73.8 cm³/mol. The van der Waals surface area contributed by atoms with E-state index in [9.17, 15) is 0 Å². The van der Waals surface area contributed by atoms with Crippen molar-refractivity contribution < 1.29 is 0 Å². The molecule has 1 saturated carbocycles. The van der Waals surface area contributed by atoms with Crippen molar-refractivity contribution in [1.82, 2.24) is 25.5 Å². The Morgan fingerprint density at radius 3 is 2.83 bits per heavy atom. The monoisotopic (exact) mass is 269 g/mol. The van der Waals surface area contributed by atoms with Gasteiger partial charge in [-0.1, -0.05) is 25.6 Å². The fraction of sp³-hybridized carbons (Fsp3) is 0.917. The third-order valence-electron chi connectivity index (χ3n) is 3.41. The number of nitrogens with one attached hydrogen (secondary N) is 1. The minimum absolute atomic E-state index is 0.206. The van der Waals surface area contributed by atoms with Crippen LogP contribution in [0.25, 0.3) is 0 Å². The Bertz CT molecular complexity index is 386. The molecule has 5 nitrogen and oxygen atoms in total. The van der Waals surface area contributed by atoms with E-state index in [1.165, 1.54) is 12.8 Å². The molecule has 0 spiro atoms. The lowest BCUT2D eigenvalue weighted by atomic mass is 10.0. The van der Waals surface area contributed by atoms with E-state index in [1.807, 2.05) is 4.68 Å². The van der Waals surface area contributed by atoms with Crippen molar-refractivity contribution in [1.29, 1.82) is 0 Å². The van der Waals surface area contributed by atoms with Gasteiger partial charge in [0.2, 0.25) is 5.16 Å². The maximum atomic E-state index is 4.12. The quantitative estimate of drug-likeness (QED) is 0.770. The molecule has 102 valence electrons. The van der Waals surface area contributed by atoms with Crippen LogP contribution in [0.15, 0.2) is 5.16 Å². The Balaban J connectivity index is 1.83. The molecular formula is C12H23N5S. The van der Waals surface area contributed by atoms with Gasteiger partial charge in [0, 0.05) is 17.3 Å². The Labute approximate surface area is 113 Å². The maximum absolute atomic E-state index is 4.12. The van der Waals surface area contributed by atoms with Gasteiger partial charge in [-0.25, -0.2) is 4.68 Å². The van der Waals surface area contributed by atoms with Crippen LogP contribution in [0.1, 0.15) is 53.0 Å². The summed E-state index contributed by atoms with van der Waals surface area (Å²) in [5.41, 5.74) is 0.206. The molecule has 1 aliphatic rings. The molecule has 1 N–H and O–H groups in total. The SMILES string of the molecule is CCC(C)(C)NCC(C)Sc1nnnn1C1CC1. The van der Waals surface area contributed by atoms with Gasteiger partial charge in [-0.3, -0.25) is 0 Å². The van der Waals surface area contributed by atoms with Gasteiger partial charge < -0.3 is 5.32 Å². The van der Waals surface area contributed by atoms with Gasteiger partial charge in [0.1, 0.15) is 0 Å². The van der Waals surface area contributed by atoms with Crippen molar-refractivity contribution >= 4 is 11.8 Å². The summed E-state index contributed by atoms with van der Waals surface area (Å²) in [5.74, 6) is 0. The first-order chi connectivity index (χ1) is 8.52. The summed E-state index contributed by atoms with van der Waals surface area (Å²) in [4.78, 5) is 0. The van der Waals surface area contributed by atoms with Crippen LogP contribution in [0.3, 0.4) is 0 Å². The second-order valence-electron chi connectivity index (χ2n) is 5.68. The molecule has 6 heteroatoms. The lowest BCUT2D eigenvalue weighted by molar-refractivity contribution is 0.379. The Morgan fingerprint density at radius 2 is 2.22 bits per heavy atom. The number of hydrogen-bond acceptors (Lipinski definition) is 5. The van der Waals surface area contributed by atoms with Gasteiger partial charge in [-0.15, -0.1) is 5.10 Å². The van der Waals surface area contributed by atoms with E-state index in [2.05, 4.69) is 48.5 Å². The highest BCUT2D eigenvalue weighted by Gasteiger charge is 2.28. The third-order valence-corrected chi connectivity index (χ3v) is 4.46. The molecule has 0 radical (unpaired) electrons. The third kappa shape index (κ3) is 3.68. The van der Waals surface area contributed by atoms with E-state index in [1.54, 1.807) is 11.8 Å². The number of aromatic nitrogens is 4. The number of thioether (sulfide) groups is 1. The van der Waals surface area contributed by atoms with Gasteiger partial charge in [-0.05, 0) is 43.5 Å². The summed E-state index contributed by atoms with van der Waals surface area (Å²) >= 11 is 1.76. The molecule has 18 heavy (non-hydrogen) atoms. The van der Waals surface area contributed by atoms with Crippen LogP contribution in [-0.4, -0.2) is 37.5 Å². The Kier molecular flexibility index (Phi) is 4.27. The zero-order chi connectivity index (χ0) is 13.2. The number of hydrogen-bond donors (Lipinski definition) is 1. The number of tetrazole rings is 1. The second-order valence-corrected chi connectivity index (χ2v) is 7.09. The minimum Gasteiger partial charge on any atom is -0.311 e. The molecule has 1 aliphatic carbocycles. The summed E-state index contributed by atoms with van der Waals surface area (Å²) in [6.07, 6.45) is 3.56. The van der Waals surface area contributed by atoms with Crippen LogP contribution < -0.4 is 5.32 Å². The summed E-state index contributed by atoms with van der Waals surface area (Å²) in [6.45, 7) is 9.87. The summed E-state index contributed by atoms with van der Waals surface area (Å²) in [6, 6.07) is 0.551. The van der Waals surface area contributed by atoms with Crippen LogP contribution >= 0.6 is 11.8 Å². The Hall–Kier alpha value is -0.620. The second kappa shape index (κ2) is 5.57. The fourth-order valence-electron chi connectivity index (χ4n) is 1.58. The van der Waals surface area contributed by atoms with Gasteiger partial charge >= 0.3 is 0 Å². The van der Waals surface area contributed by atoms with Crippen molar-refractivity contribution in [3.63, 3.8) is 0 Å². The van der Waals surface area contributed by atoms with E-state index in [0.29, 0.717) is 11.3 Å². The first-order valence-corrected chi connectivity index (χ1v) is 7.59. The van der Waals surface area contributed by atoms with Crippen molar-refractivity contribution in [2.24, 2.45) is 0 Å². The topological polar surface area (TPSA) is 55.6 Å².